The minimum Gasteiger partial charge on any atom is -0.198 e. The zero-order valence-corrected chi connectivity index (χ0v) is 12.0. The van der Waals surface area contributed by atoms with Crippen LogP contribution in [0.15, 0.2) is 11.6 Å². The van der Waals surface area contributed by atoms with Gasteiger partial charge in [-0.15, -0.1) is 0 Å². The normalized spacial score (nSPS) is 36.8. The highest BCUT2D eigenvalue weighted by atomic mass is 14.4. The van der Waals surface area contributed by atoms with Crippen LogP contribution in [0.4, 0.5) is 0 Å². The summed E-state index contributed by atoms with van der Waals surface area (Å²) in [5.74, 6) is 2.59. The molecule has 2 aliphatic carbocycles. The van der Waals surface area contributed by atoms with Crippen LogP contribution in [-0.2, 0) is 0 Å². The average Bonchev–Trinajstić information content (AvgIpc) is 2.40. The summed E-state index contributed by atoms with van der Waals surface area (Å²) in [6.07, 6.45) is 13.2. The van der Waals surface area contributed by atoms with E-state index in [-0.39, 0.29) is 5.92 Å². The van der Waals surface area contributed by atoms with Gasteiger partial charge in [0.1, 0.15) is 0 Å². The molecule has 1 saturated carbocycles. The Hall–Kier alpha value is -0.770. The lowest BCUT2D eigenvalue weighted by Crippen LogP contribution is -2.21. The van der Waals surface area contributed by atoms with Crippen LogP contribution >= 0.6 is 0 Å². The van der Waals surface area contributed by atoms with Gasteiger partial charge in [0.2, 0.25) is 0 Å². The molecule has 2 atom stereocenters. The maximum atomic E-state index is 9.07. The van der Waals surface area contributed by atoms with Crippen LogP contribution in [0.25, 0.3) is 0 Å². The van der Waals surface area contributed by atoms with Crippen LogP contribution in [0.5, 0.6) is 0 Å². The Morgan fingerprint density at radius 1 is 1.22 bits per heavy atom. The Labute approximate surface area is 112 Å². The predicted molar refractivity (Wildman–Crippen MR) is 75.9 cm³/mol. The molecular formula is C17H27N. The van der Waals surface area contributed by atoms with Crippen LogP contribution in [0.3, 0.4) is 0 Å². The molecule has 1 nitrogen and oxygen atoms in total. The van der Waals surface area contributed by atoms with Crippen molar-refractivity contribution in [2.75, 3.05) is 0 Å². The maximum Gasteiger partial charge on any atom is 0.0661 e. The van der Waals surface area contributed by atoms with Crippen LogP contribution in [0, 0.1) is 35.0 Å². The van der Waals surface area contributed by atoms with Gasteiger partial charge in [-0.1, -0.05) is 38.3 Å². The molecule has 0 spiro atoms. The van der Waals surface area contributed by atoms with E-state index in [2.05, 4.69) is 26.0 Å². The number of hydrogen-bond acceptors (Lipinski definition) is 1. The van der Waals surface area contributed by atoms with Gasteiger partial charge in [0.25, 0.3) is 0 Å². The SMILES string of the molecule is CCCC1CCC(C2=CC(C)C(C#N)CC2)CC1. The van der Waals surface area contributed by atoms with Gasteiger partial charge in [-0.05, 0) is 56.3 Å². The Balaban J connectivity index is 1.89. The molecule has 2 aliphatic rings. The van der Waals surface area contributed by atoms with Crippen molar-refractivity contribution in [1.82, 2.24) is 0 Å². The second-order valence-corrected chi connectivity index (χ2v) is 6.38. The third-order valence-electron chi connectivity index (χ3n) is 5.09. The molecule has 0 bridgehead atoms. The molecular weight excluding hydrogens is 218 g/mol. The summed E-state index contributed by atoms with van der Waals surface area (Å²) in [6.45, 7) is 4.52. The van der Waals surface area contributed by atoms with Gasteiger partial charge in [-0.3, -0.25) is 0 Å². The molecule has 0 amide bonds. The molecule has 0 heterocycles. The van der Waals surface area contributed by atoms with E-state index in [0.717, 1.165) is 18.3 Å². The summed E-state index contributed by atoms with van der Waals surface area (Å²) < 4.78 is 0. The summed E-state index contributed by atoms with van der Waals surface area (Å²) in [7, 11) is 0. The second kappa shape index (κ2) is 6.41. The van der Waals surface area contributed by atoms with Crippen molar-refractivity contribution in [3.05, 3.63) is 11.6 Å². The fraction of sp³-hybridized carbons (Fsp3) is 0.824. The van der Waals surface area contributed by atoms with Crippen molar-refractivity contribution in [1.29, 1.82) is 5.26 Å². The van der Waals surface area contributed by atoms with Crippen molar-refractivity contribution in [2.45, 2.75) is 65.2 Å². The van der Waals surface area contributed by atoms with Gasteiger partial charge in [0.05, 0.1) is 12.0 Å². The van der Waals surface area contributed by atoms with E-state index in [9.17, 15) is 0 Å². The van der Waals surface area contributed by atoms with Crippen LogP contribution < -0.4 is 0 Å². The largest absolute Gasteiger partial charge is 0.198 e. The molecule has 0 aromatic rings. The summed E-state index contributed by atoms with van der Waals surface area (Å²) in [5.41, 5.74) is 1.68. The first-order valence-electron chi connectivity index (χ1n) is 7.84. The molecule has 0 aromatic carbocycles. The van der Waals surface area contributed by atoms with Gasteiger partial charge >= 0.3 is 0 Å². The summed E-state index contributed by atoms with van der Waals surface area (Å²) in [5, 5.41) is 9.07. The molecule has 0 radical (unpaired) electrons. The van der Waals surface area contributed by atoms with Gasteiger partial charge in [0, 0.05) is 0 Å². The van der Waals surface area contributed by atoms with Crippen molar-refractivity contribution in [2.24, 2.45) is 23.7 Å². The topological polar surface area (TPSA) is 23.8 Å². The molecule has 0 N–H and O–H groups in total. The Bertz CT molecular complexity index is 328. The highest BCUT2D eigenvalue weighted by Crippen LogP contribution is 2.40. The van der Waals surface area contributed by atoms with E-state index < -0.39 is 0 Å². The lowest BCUT2D eigenvalue weighted by atomic mass is 9.72. The zero-order chi connectivity index (χ0) is 13.0. The first-order valence-corrected chi connectivity index (χ1v) is 7.84. The Morgan fingerprint density at radius 3 is 2.50 bits per heavy atom. The fourth-order valence-electron chi connectivity index (χ4n) is 3.87. The quantitative estimate of drug-likeness (QED) is 0.635. The smallest absolute Gasteiger partial charge is 0.0661 e. The minimum atomic E-state index is 0.269. The average molecular weight is 245 g/mol. The molecule has 18 heavy (non-hydrogen) atoms. The van der Waals surface area contributed by atoms with Crippen LogP contribution in [0.2, 0.25) is 0 Å². The minimum absolute atomic E-state index is 0.269. The molecule has 1 heteroatoms. The van der Waals surface area contributed by atoms with Crippen molar-refractivity contribution < 1.29 is 0 Å². The number of nitriles is 1. The molecule has 100 valence electrons. The standard InChI is InChI=1S/C17H27N/c1-3-4-14-5-7-15(8-6-14)16-9-10-17(12-18)13(2)11-16/h11,13-15,17H,3-10H2,1-2H3. The van der Waals surface area contributed by atoms with E-state index in [0.29, 0.717) is 5.92 Å². The van der Waals surface area contributed by atoms with Crippen LogP contribution in [0.1, 0.15) is 65.2 Å². The van der Waals surface area contributed by atoms with E-state index in [1.54, 1.807) is 5.57 Å². The van der Waals surface area contributed by atoms with Crippen molar-refractivity contribution >= 4 is 0 Å². The molecule has 0 aromatic heterocycles. The van der Waals surface area contributed by atoms with Crippen LogP contribution in [-0.4, -0.2) is 0 Å². The van der Waals surface area contributed by atoms with E-state index in [1.165, 1.54) is 44.9 Å². The van der Waals surface area contributed by atoms with Crippen molar-refractivity contribution in [3.8, 4) is 6.07 Å². The number of nitrogens with zero attached hydrogens (tertiary/aromatic N) is 1. The maximum absolute atomic E-state index is 9.07. The molecule has 0 aliphatic heterocycles. The molecule has 0 saturated heterocycles. The zero-order valence-electron chi connectivity index (χ0n) is 12.0. The first kappa shape index (κ1) is 13.7. The molecule has 1 fully saturated rings. The van der Waals surface area contributed by atoms with Gasteiger partial charge in [0.15, 0.2) is 0 Å². The number of allylic oxidation sites excluding steroid dienone is 2. The fourth-order valence-corrected chi connectivity index (χ4v) is 3.87. The summed E-state index contributed by atoms with van der Waals surface area (Å²) in [6, 6.07) is 2.46. The monoisotopic (exact) mass is 245 g/mol. The second-order valence-electron chi connectivity index (χ2n) is 6.38. The van der Waals surface area contributed by atoms with Gasteiger partial charge in [-0.2, -0.15) is 5.26 Å². The highest BCUT2D eigenvalue weighted by Gasteiger charge is 2.27. The summed E-state index contributed by atoms with van der Waals surface area (Å²) >= 11 is 0. The predicted octanol–water partition coefficient (Wildman–Crippen LogP) is 5.09. The highest BCUT2D eigenvalue weighted by molar-refractivity contribution is 5.16. The Kier molecular flexibility index (Phi) is 4.87. The summed E-state index contributed by atoms with van der Waals surface area (Å²) in [4.78, 5) is 0. The van der Waals surface area contributed by atoms with E-state index in [4.69, 9.17) is 5.26 Å². The number of hydrogen-bond donors (Lipinski definition) is 0. The van der Waals surface area contributed by atoms with Gasteiger partial charge < -0.3 is 0 Å². The first-order chi connectivity index (χ1) is 8.74. The van der Waals surface area contributed by atoms with Gasteiger partial charge in [-0.25, -0.2) is 0 Å². The lowest BCUT2D eigenvalue weighted by Gasteiger charge is -2.33. The van der Waals surface area contributed by atoms with E-state index >= 15 is 0 Å². The Morgan fingerprint density at radius 2 is 1.94 bits per heavy atom. The molecule has 2 rings (SSSR count). The third-order valence-corrected chi connectivity index (χ3v) is 5.09. The van der Waals surface area contributed by atoms with Crippen molar-refractivity contribution in [3.63, 3.8) is 0 Å². The third kappa shape index (κ3) is 3.16. The number of rotatable bonds is 3. The molecule has 2 unspecified atom stereocenters. The van der Waals surface area contributed by atoms with E-state index in [1.807, 2.05) is 0 Å². The lowest BCUT2D eigenvalue weighted by molar-refractivity contribution is 0.275.